The monoisotopic (exact) mass is 278 g/mol. The van der Waals surface area contributed by atoms with Gasteiger partial charge in [-0.25, -0.2) is 9.97 Å². The summed E-state index contributed by atoms with van der Waals surface area (Å²) in [4.78, 5) is 14.1. The number of hydrogen-bond donors (Lipinski definition) is 1. The Bertz CT molecular complexity index is 558. The van der Waals surface area contributed by atoms with Gasteiger partial charge < -0.3 is 9.88 Å². The molecule has 3 rings (SSSR count). The van der Waals surface area contributed by atoms with Gasteiger partial charge in [0.15, 0.2) is 0 Å². The molecule has 19 heavy (non-hydrogen) atoms. The lowest BCUT2D eigenvalue weighted by atomic mass is 10.1. The fourth-order valence-corrected chi connectivity index (χ4v) is 3.22. The molecule has 0 aliphatic heterocycles. The van der Waals surface area contributed by atoms with Gasteiger partial charge in [-0.1, -0.05) is 37.3 Å². The lowest BCUT2D eigenvalue weighted by Gasteiger charge is -2.28. The van der Waals surface area contributed by atoms with Crippen LogP contribution in [0.5, 0.6) is 0 Å². The van der Waals surface area contributed by atoms with Crippen molar-refractivity contribution in [2.24, 2.45) is 0 Å². The van der Waals surface area contributed by atoms with Crippen LogP contribution in [0.1, 0.15) is 38.5 Å². The summed E-state index contributed by atoms with van der Waals surface area (Å²) in [6.07, 6.45) is 11.2. The highest BCUT2D eigenvalue weighted by Gasteiger charge is 2.21. The molecular formula is C14H19ClN4. The number of rotatable bonds is 2. The summed E-state index contributed by atoms with van der Waals surface area (Å²) in [5.74, 6) is 0.947. The maximum Gasteiger partial charge on any atom is 0.144 e. The summed E-state index contributed by atoms with van der Waals surface area (Å²) in [7, 11) is 2.13. The largest absolute Gasteiger partial charge is 0.356 e. The zero-order valence-corrected chi connectivity index (χ0v) is 12.0. The van der Waals surface area contributed by atoms with Crippen molar-refractivity contribution < 1.29 is 0 Å². The van der Waals surface area contributed by atoms with Gasteiger partial charge in [0.1, 0.15) is 17.8 Å². The summed E-state index contributed by atoms with van der Waals surface area (Å²) in [6, 6.07) is 0.562. The molecule has 0 saturated heterocycles. The summed E-state index contributed by atoms with van der Waals surface area (Å²) < 4.78 is 0. The van der Waals surface area contributed by atoms with E-state index in [2.05, 4.69) is 26.9 Å². The van der Waals surface area contributed by atoms with Gasteiger partial charge in [-0.2, -0.15) is 0 Å². The number of halogens is 1. The molecule has 1 saturated carbocycles. The van der Waals surface area contributed by atoms with E-state index in [0.717, 1.165) is 16.9 Å². The Kier molecular flexibility index (Phi) is 3.60. The first-order chi connectivity index (χ1) is 9.27. The minimum Gasteiger partial charge on any atom is -0.356 e. The van der Waals surface area contributed by atoms with Gasteiger partial charge in [-0.15, -0.1) is 0 Å². The highest BCUT2D eigenvalue weighted by atomic mass is 35.5. The fourth-order valence-electron chi connectivity index (χ4n) is 3.00. The number of anilines is 1. The van der Waals surface area contributed by atoms with Crippen LogP contribution in [0, 0.1) is 0 Å². The smallest absolute Gasteiger partial charge is 0.144 e. The van der Waals surface area contributed by atoms with Crippen LogP contribution < -0.4 is 4.90 Å². The Labute approximate surface area is 118 Å². The van der Waals surface area contributed by atoms with Gasteiger partial charge in [0.25, 0.3) is 0 Å². The quantitative estimate of drug-likeness (QED) is 0.851. The molecule has 0 spiro atoms. The zero-order chi connectivity index (χ0) is 13.2. The van der Waals surface area contributed by atoms with Gasteiger partial charge in [0, 0.05) is 19.3 Å². The van der Waals surface area contributed by atoms with E-state index in [9.17, 15) is 0 Å². The van der Waals surface area contributed by atoms with Crippen LogP contribution in [0.2, 0.25) is 5.02 Å². The van der Waals surface area contributed by atoms with Gasteiger partial charge >= 0.3 is 0 Å². The van der Waals surface area contributed by atoms with Crippen LogP contribution in [0.4, 0.5) is 5.82 Å². The summed E-state index contributed by atoms with van der Waals surface area (Å²) in [5.41, 5.74) is 0.815. The summed E-state index contributed by atoms with van der Waals surface area (Å²) >= 11 is 6.26. The van der Waals surface area contributed by atoms with Crippen molar-refractivity contribution in [1.82, 2.24) is 15.0 Å². The average Bonchev–Trinajstić information content (AvgIpc) is 2.67. The van der Waals surface area contributed by atoms with Crippen LogP contribution in [0.3, 0.4) is 0 Å². The van der Waals surface area contributed by atoms with Crippen LogP contribution >= 0.6 is 11.6 Å². The molecule has 0 aromatic carbocycles. The van der Waals surface area contributed by atoms with Crippen molar-refractivity contribution in [1.29, 1.82) is 0 Å². The van der Waals surface area contributed by atoms with Crippen molar-refractivity contribution in [2.75, 3.05) is 11.9 Å². The van der Waals surface area contributed by atoms with Crippen molar-refractivity contribution in [3.63, 3.8) is 0 Å². The predicted molar refractivity (Wildman–Crippen MR) is 78.8 cm³/mol. The third-order valence-electron chi connectivity index (χ3n) is 4.11. The molecule has 102 valence electrons. The number of nitrogens with one attached hydrogen (secondary N) is 1. The van der Waals surface area contributed by atoms with E-state index < -0.39 is 0 Å². The zero-order valence-electron chi connectivity index (χ0n) is 11.2. The first-order valence-corrected chi connectivity index (χ1v) is 7.35. The molecule has 4 nitrogen and oxygen atoms in total. The molecule has 1 fully saturated rings. The molecule has 0 amide bonds. The average molecular weight is 279 g/mol. The number of aromatic amines is 1. The lowest BCUT2D eigenvalue weighted by Crippen LogP contribution is -2.31. The second-order valence-electron chi connectivity index (χ2n) is 5.31. The minimum absolute atomic E-state index is 0.562. The first kappa shape index (κ1) is 12.7. The molecular weight excluding hydrogens is 260 g/mol. The minimum atomic E-state index is 0.562. The SMILES string of the molecule is CN(c1ncnc2[nH]cc(Cl)c12)C1CCCCCC1. The highest BCUT2D eigenvalue weighted by Crippen LogP contribution is 2.32. The number of H-pyrrole nitrogens is 1. The van der Waals surface area contributed by atoms with Crippen molar-refractivity contribution in [2.45, 2.75) is 44.6 Å². The topological polar surface area (TPSA) is 44.8 Å². The van der Waals surface area contributed by atoms with E-state index in [4.69, 9.17) is 11.6 Å². The van der Waals surface area contributed by atoms with E-state index >= 15 is 0 Å². The van der Waals surface area contributed by atoms with E-state index in [-0.39, 0.29) is 0 Å². The highest BCUT2D eigenvalue weighted by molar-refractivity contribution is 6.36. The third kappa shape index (κ3) is 2.41. The summed E-state index contributed by atoms with van der Waals surface area (Å²) in [5, 5.41) is 1.64. The molecule has 2 heterocycles. The van der Waals surface area contributed by atoms with Crippen LogP contribution in [0.25, 0.3) is 11.0 Å². The van der Waals surface area contributed by atoms with Crippen molar-refractivity contribution in [3.05, 3.63) is 17.5 Å². The number of hydrogen-bond acceptors (Lipinski definition) is 3. The van der Waals surface area contributed by atoms with E-state index in [1.54, 1.807) is 12.5 Å². The fraction of sp³-hybridized carbons (Fsp3) is 0.571. The van der Waals surface area contributed by atoms with Crippen LogP contribution in [-0.4, -0.2) is 28.0 Å². The Morgan fingerprint density at radius 1 is 1.21 bits per heavy atom. The van der Waals surface area contributed by atoms with E-state index in [1.165, 1.54) is 38.5 Å². The normalized spacial score (nSPS) is 17.6. The van der Waals surface area contributed by atoms with E-state index in [1.807, 2.05) is 0 Å². The Morgan fingerprint density at radius 3 is 2.68 bits per heavy atom. The van der Waals surface area contributed by atoms with Crippen molar-refractivity contribution >= 4 is 28.5 Å². The molecule has 1 aliphatic rings. The van der Waals surface area contributed by atoms with Gasteiger partial charge in [0.2, 0.25) is 0 Å². The standard InChI is InChI=1S/C14H19ClN4/c1-19(10-6-4-2-3-5-7-10)14-12-11(15)8-16-13(12)17-9-18-14/h8-10H,2-7H2,1H3,(H,16,17,18). The van der Waals surface area contributed by atoms with Crippen LogP contribution in [-0.2, 0) is 0 Å². The first-order valence-electron chi connectivity index (χ1n) is 6.98. The maximum absolute atomic E-state index is 6.26. The Hall–Kier alpha value is -1.29. The summed E-state index contributed by atoms with van der Waals surface area (Å²) in [6.45, 7) is 0. The lowest BCUT2D eigenvalue weighted by molar-refractivity contribution is 0.550. The molecule has 5 heteroatoms. The number of aromatic nitrogens is 3. The molecule has 0 radical (unpaired) electrons. The van der Waals surface area contributed by atoms with Crippen molar-refractivity contribution in [3.8, 4) is 0 Å². The Balaban J connectivity index is 1.96. The number of nitrogens with zero attached hydrogens (tertiary/aromatic N) is 3. The second-order valence-corrected chi connectivity index (χ2v) is 5.72. The van der Waals surface area contributed by atoms with Crippen LogP contribution in [0.15, 0.2) is 12.5 Å². The molecule has 0 atom stereocenters. The van der Waals surface area contributed by atoms with Gasteiger partial charge in [0.05, 0.1) is 10.4 Å². The van der Waals surface area contributed by atoms with Gasteiger partial charge in [-0.05, 0) is 12.8 Å². The predicted octanol–water partition coefficient (Wildman–Crippen LogP) is 3.77. The molecule has 0 unspecified atom stereocenters. The molecule has 1 N–H and O–H groups in total. The number of fused-ring (bicyclic) bond motifs is 1. The van der Waals surface area contributed by atoms with Gasteiger partial charge in [-0.3, -0.25) is 0 Å². The molecule has 2 aromatic heterocycles. The third-order valence-corrected chi connectivity index (χ3v) is 4.41. The molecule has 0 bridgehead atoms. The maximum atomic E-state index is 6.26. The molecule has 1 aliphatic carbocycles. The molecule has 2 aromatic rings. The van der Waals surface area contributed by atoms with E-state index in [0.29, 0.717) is 11.1 Å². The Morgan fingerprint density at radius 2 is 1.95 bits per heavy atom. The second kappa shape index (κ2) is 5.37.